The molecule has 0 spiro atoms. The number of ketones is 1. The average Bonchev–Trinajstić information content (AvgIpc) is 3.44. The van der Waals surface area contributed by atoms with E-state index in [2.05, 4.69) is 36.9 Å². The zero-order valence-corrected chi connectivity index (χ0v) is 23.5. The van der Waals surface area contributed by atoms with Crippen LogP contribution in [-0.2, 0) is 20.8 Å². The molecule has 214 valence electrons. The number of hydrogen-bond donors (Lipinski definition) is 5. The second-order valence-electron chi connectivity index (χ2n) is 9.43. The number of Topliss-reactive ketones (excluding diaryl/α,β-unsaturated/α-hetero) is 1. The highest BCUT2D eigenvalue weighted by Gasteiger charge is 2.39. The predicted molar refractivity (Wildman–Crippen MR) is 150 cm³/mol. The number of aromatic nitrogens is 1. The van der Waals surface area contributed by atoms with Crippen LogP contribution in [0.15, 0.2) is 53.3 Å². The van der Waals surface area contributed by atoms with E-state index in [0.29, 0.717) is 31.4 Å². The van der Waals surface area contributed by atoms with E-state index in [4.69, 9.17) is 11.1 Å². The number of hydrogen-bond acceptors (Lipinski definition) is 6. The van der Waals surface area contributed by atoms with Crippen molar-refractivity contribution in [2.45, 2.75) is 50.2 Å². The van der Waals surface area contributed by atoms with Crippen LogP contribution in [0.4, 0.5) is 4.39 Å². The lowest BCUT2D eigenvalue weighted by Crippen LogP contribution is -2.56. The first-order valence-corrected chi connectivity index (χ1v) is 13.7. The molecule has 0 radical (unpaired) electrons. The molecule has 3 rings (SSSR count). The molecule has 2 aromatic rings. The Morgan fingerprint density at radius 2 is 1.90 bits per heavy atom. The van der Waals surface area contributed by atoms with Crippen molar-refractivity contribution in [2.24, 2.45) is 5.73 Å². The second kappa shape index (κ2) is 15.1. The Morgan fingerprint density at radius 3 is 2.55 bits per heavy atom. The first-order valence-electron chi connectivity index (χ1n) is 12.9. The van der Waals surface area contributed by atoms with Crippen molar-refractivity contribution in [2.75, 3.05) is 19.8 Å². The summed E-state index contributed by atoms with van der Waals surface area (Å²) in [5, 5.41) is 15.2. The van der Waals surface area contributed by atoms with Crippen molar-refractivity contribution in [1.82, 2.24) is 25.8 Å². The van der Waals surface area contributed by atoms with Gasteiger partial charge in [-0.3, -0.25) is 29.6 Å². The lowest BCUT2D eigenvalue weighted by Gasteiger charge is -2.30. The highest BCUT2D eigenvalue weighted by atomic mass is 79.9. The summed E-state index contributed by atoms with van der Waals surface area (Å²) >= 11 is 3.34. The highest BCUT2D eigenvalue weighted by molar-refractivity contribution is 9.10. The minimum Gasteiger partial charge on any atom is -0.370 e. The molecule has 11 nitrogen and oxygen atoms in total. The van der Waals surface area contributed by atoms with Crippen molar-refractivity contribution in [1.29, 1.82) is 5.41 Å². The minimum atomic E-state index is -1.24. The Hall–Kier alpha value is -3.87. The van der Waals surface area contributed by atoms with E-state index in [0.717, 1.165) is 10.0 Å². The average molecular weight is 619 g/mol. The van der Waals surface area contributed by atoms with Gasteiger partial charge in [-0.05, 0) is 61.6 Å². The Labute approximate surface area is 240 Å². The van der Waals surface area contributed by atoms with Gasteiger partial charge >= 0.3 is 0 Å². The number of likely N-dealkylation sites (tertiary alicyclic amines) is 1. The molecule has 1 fully saturated rings. The van der Waals surface area contributed by atoms with E-state index in [1.165, 1.54) is 4.90 Å². The fourth-order valence-electron chi connectivity index (χ4n) is 4.50. The van der Waals surface area contributed by atoms with Crippen LogP contribution in [0.25, 0.3) is 0 Å². The van der Waals surface area contributed by atoms with Gasteiger partial charge in [-0.1, -0.05) is 22.0 Å². The van der Waals surface area contributed by atoms with Crippen LogP contribution in [0, 0.1) is 5.41 Å². The Kier molecular flexibility index (Phi) is 11.5. The monoisotopic (exact) mass is 617 g/mol. The number of carbonyl (C=O) groups excluding carboxylic acids is 4. The quantitative estimate of drug-likeness (QED) is 0.129. The third-order valence-electron chi connectivity index (χ3n) is 6.53. The molecule has 6 N–H and O–H groups in total. The van der Waals surface area contributed by atoms with Gasteiger partial charge in [0.05, 0.1) is 6.04 Å². The van der Waals surface area contributed by atoms with Gasteiger partial charge in [-0.25, -0.2) is 4.39 Å². The maximum atomic E-state index is 13.8. The number of halogens is 2. The van der Waals surface area contributed by atoms with Gasteiger partial charge in [0.1, 0.15) is 18.8 Å². The topological polar surface area (TPSA) is 170 Å². The number of guanidine groups is 1. The molecule has 1 aromatic heterocycles. The fourth-order valence-corrected chi connectivity index (χ4v) is 4.77. The number of amides is 3. The van der Waals surface area contributed by atoms with Crippen LogP contribution in [-0.4, -0.2) is 77.2 Å². The smallest absolute Gasteiger partial charge is 0.251 e. The zero-order valence-electron chi connectivity index (χ0n) is 21.9. The summed E-state index contributed by atoms with van der Waals surface area (Å²) in [6.07, 6.45) is 4.78. The Bertz CT molecular complexity index is 1200. The third kappa shape index (κ3) is 8.83. The number of alkyl halides is 1. The molecule has 13 heteroatoms. The molecule has 0 bridgehead atoms. The molecule has 3 unspecified atom stereocenters. The predicted octanol–water partition coefficient (Wildman–Crippen LogP) is 1.46. The van der Waals surface area contributed by atoms with Gasteiger partial charge in [-0.2, -0.15) is 0 Å². The number of benzene rings is 1. The number of nitrogens with two attached hydrogens (primary N) is 1. The lowest BCUT2D eigenvalue weighted by atomic mass is 10.0. The number of pyridine rings is 1. The van der Waals surface area contributed by atoms with Crippen LogP contribution >= 0.6 is 15.9 Å². The normalized spacial score (nSPS) is 16.1. The molecule has 40 heavy (non-hydrogen) atoms. The van der Waals surface area contributed by atoms with Crippen LogP contribution in [0.2, 0.25) is 0 Å². The van der Waals surface area contributed by atoms with Crippen LogP contribution in [0.1, 0.15) is 41.6 Å². The van der Waals surface area contributed by atoms with Gasteiger partial charge in [-0.15, -0.1) is 0 Å². The van der Waals surface area contributed by atoms with E-state index in [-0.39, 0.29) is 25.3 Å². The molecule has 1 aliphatic rings. The van der Waals surface area contributed by atoms with E-state index in [9.17, 15) is 23.6 Å². The molecule has 2 heterocycles. The van der Waals surface area contributed by atoms with Crippen LogP contribution in [0.3, 0.4) is 0 Å². The summed E-state index contributed by atoms with van der Waals surface area (Å²) in [4.78, 5) is 57.7. The summed E-state index contributed by atoms with van der Waals surface area (Å²) in [6, 6.07) is 7.30. The number of rotatable bonds is 13. The second-order valence-corrected chi connectivity index (χ2v) is 10.3. The zero-order chi connectivity index (χ0) is 29.1. The van der Waals surface area contributed by atoms with Crippen LogP contribution in [0.5, 0.6) is 0 Å². The molecule has 1 saturated heterocycles. The van der Waals surface area contributed by atoms with E-state index in [1.807, 2.05) is 0 Å². The van der Waals surface area contributed by atoms with Gasteiger partial charge in [0, 0.05) is 41.9 Å². The van der Waals surface area contributed by atoms with E-state index < -0.39 is 48.3 Å². The first-order chi connectivity index (χ1) is 19.2. The molecule has 3 atom stereocenters. The summed E-state index contributed by atoms with van der Waals surface area (Å²) < 4.78 is 14.0. The molecule has 1 aliphatic heterocycles. The first kappa shape index (κ1) is 30.7. The van der Waals surface area contributed by atoms with Gasteiger partial charge in [0.25, 0.3) is 5.91 Å². The summed E-state index contributed by atoms with van der Waals surface area (Å²) in [5.41, 5.74) is 6.35. The third-order valence-corrected chi connectivity index (χ3v) is 7.06. The summed E-state index contributed by atoms with van der Waals surface area (Å²) in [7, 11) is 0. The molecule has 0 saturated carbocycles. The SMILES string of the molecule is N=C(N)NCCCC(NC(=O)C1CCCN1C(=O)C(Cc1cccnc1)NC(=O)c1ccc(Br)cc1)C(=O)CF. The lowest BCUT2D eigenvalue weighted by molar-refractivity contribution is -0.140. The minimum absolute atomic E-state index is 0.141. The van der Waals surface area contributed by atoms with Gasteiger partial charge in [0.2, 0.25) is 11.8 Å². The van der Waals surface area contributed by atoms with Crippen molar-refractivity contribution >= 4 is 45.4 Å². The maximum Gasteiger partial charge on any atom is 0.251 e. The maximum absolute atomic E-state index is 13.8. The fraction of sp³-hybridized carbons (Fsp3) is 0.407. The largest absolute Gasteiger partial charge is 0.370 e. The van der Waals surface area contributed by atoms with Crippen molar-refractivity contribution in [3.05, 3.63) is 64.4 Å². The number of nitrogens with one attached hydrogen (secondary N) is 4. The molecule has 3 amide bonds. The molecular formula is C27H33BrFN7O4. The Morgan fingerprint density at radius 1 is 1.15 bits per heavy atom. The van der Waals surface area contributed by atoms with E-state index in [1.54, 1.807) is 48.8 Å². The van der Waals surface area contributed by atoms with Gasteiger partial charge < -0.3 is 26.6 Å². The van der Waals surface area contributed by atoms with Crippen molar-refractivity contribution in [3.63, 3.8) is 0 Å². The van der Waals surface area contributed by atoms with E-state index >= 15 is 0 Å². The van der Waals surface area contributed by atoms with Gasteiger partial charge in [0.15, 0.2) is 11.7 Å². The summed E-state index contributed by atoms with van der Waals surface area (Å²) in [6.45, 7) is -0.671. The van der Waals surface area contributed by atoms with Crippen molar-refractivity contribution in [3.8, 4) is 0 Å². The summed E-state index contributed by atoms with van der Waals surface area (Å²) in [5.74, 6) is -2.45. The molecule has 1 aromatic carbocycles. The Balaban J connectivity index is 1.74. The van der Waals surface area contributed by atoms with Crippen molar-refractivity contribution < 1.29 is 23.6 Å². The van der Waals surface area contributed by atoms with Crippen LogP contribution < -0.4 is 21.7 Å². The standard InChI is InChI=1S/C27H33BrFN7O4/c28-19-9-7-18(8-10-19)24(38)35-21(14-17-4-1-11-32-16-17)26(40)36-13-3-6-22(36)25(39)34-20(23(37)15-29)5-2-12-33-27(30)31/h1,4,7-11,16,20-22H,2-3,5-6,12-15H2,(H,34,39)(H,35,38)(H4,30,31,33). The number of nitrogens with zero attached hydrogens (tertiary/aromatic N) is 2. The highest BCUT2D eigenvalue weighted by Crippen LogP contribution is 2.21. The molecule has 0 aliphatic carbocycles. The molecular weight excluding hydrogens is 585 g/mol. The number of carbonyl (C=O) groups is 4.